The van der Waals surface area contributed by atoms with E-state index in [1.165, 1.54) is 103 Å². The van der Waals surface area contributed by atoms with Gasteiger partial charge in [-0.2, -0.15) is 0 Å². The Bertz CT molecular complexity index is 1140. The van der Waals surface area contributed by atoms with Crippen LogP contribution in [0.25, 0.3) is 0 Å². The molecule has 0 spiro atoms. The third-order valence-corrected chi connectivity index (χ3v) is 17.1. The summed E-state index contributed by atoms with van der Waals surface area (Å²) in [5, 5.41) is 12.3. The third-order valence-electron chi connectivity index (χ3n) is 17.1. The fourth-order valence-electron chi connectivity index (χ4n) is 14.1. The topological polar surface area (TPSA) is 46.5 Å². The summed E-state index contributed by atoms with van der Waals surface area (Å²) in [5.41, 5.74) is 2.24. The minimum Gasteiger partial charge on any atom is -0.462 e. The molecule has 3 nitrogen and oxygen atoms in total. The number of carbonyl (C=O) groups is 1. The van der Waals surface area contributed by atoms with Crippen LogP contribution in [-0.4, -0.2) is 23.3 Å². The Morgan fingerprint density at radius 3 is 2.00 bits per heavy atom. The number of hydrogen-bond donors (Lipinski definition) is 1. The van der Waals surface area contributed by atoms with Gasteiger partial charge in [-0.1, -0.05) is 144 Å². The zero-order valence-corrected chi connectivity index (χ0v) is 33.9. The molecule has 5 aliphatic carbocycles. The van der Waals surface area contributed by atoms with Crippen molar-refractivity contribution >= 4 is 5.97 Å². The van der Waals surface area contributed by atoms with Crippen molar-refractivity contribution < 1.29 is 14.6 Å². The number of unbranched alkanes of at least 4 members (excludes halogenated alkanes) is 12. The summed E-state index contributed by atoms with van der Waals surface area (Å²) < 4.78 is 6.36. The molecule has 0 aromatic rings. The molecule has 49 heavy (non-hydrogen) atoms. The molecule has 0 unspecified atom stereocenters. The van der Waals surface area contributed by atoms with Crippen molar-refractivity contribution in [2.45, 2.75) is 216 Å². The average molecular weight is 681 g/mol. The maximum absolute atomic E-state index is 13.2. The van der Waals surface area contributed by atoms with Crippen molar-refractivity contribution in [2.24, 2.45) is 56.7 Å². The molecule has 3 heteroatoms. The Hall–Kier alpha value is -0.830. The van der Waals surface area contributed by atoms with E-state index in [4.69, 9.17) is 4.74 Å². The van der Waals surface area contributed by atoms with E-state index in [2.05, 4.69) is 68.4 Å². The van der Waals surface area contributed by atoms with Gasteiger partial charge >= 0.3 is 5.97 Å². The fourth-order valence-corrected chi connectivity index (χ4v) is 14.1. The number of aliphatic hydroxyl groups is 1. The van der Waals surface area contributed by atoms with Crippen LogP contribution in [0.5, 0.6) is 0 Å². The number of fused-ring (bicyclic) bond motifs is 7. The highest BCUT2D eigenvalue weighted by molar-refractivity contribution is 5.69. The molecule has 0 heterocycles. The number of carbonyl (C=O) groups excluding carboxylic acids is 1. The summed E-state index contributed by atoms with van der Waals surface area (Å²) in [6.07, 6.45) is 29.1. The van der Waals surface area contributed by atoms with Gasteiger partial charge < -0.3 is 9.84 Å². The van der Waals surface area contributed by atoms with Gasteiger partial charge in [0.2, 0.25) is 0 Å². The molecule has 282 valence electrons. The molecule has 11 atom stereocenters. The van der Waals surface area contributed by atoms with Gasteiger partial charge in [0.25, 0.3) is 0 Å². The first-order valence-electron chi connectivity index (χ1n) is 21.7. The predicted octanol–water partition coefficient (Wildman–Crippen LogP) is 13.0. The minimum atomic E-state index is -0.349. The largest absolute Gasteiger partial charge is 0.462 e. The lowest BCUT2D eigenvalue weighted by atomic mass is 9.31. The zero-order valence-electron chi connectivity index (χ0n) is 33.9. The summed E-state index contributed by atoms with van der Waals surface area (Å²) in [5.74, 6) is 2.89. The summed E-state index contributed by atoms with van der Waals surface area (Å²) in [7, 11) is 0. The molecule has 1 N–H and O–H groups in total. The zero-order chi connectivity index (χ0) is 35.7. The number of aliphatic hydroxyl groups excluding tert-OH is 1. The highest BCUT2D eigenvalue weighted by Crippen LogP contribution is 2.76. The Kier molecular flexibility index (Phi) is 12.6. The normalized spacial score (nSPS) is 42.7. The molecule has 0 aliphatic heterocycles. The Labute approximate surface area is 304 Å². The third kappa shape index (κ3) is 7.38. The first-order chi connectivity index (χ1) is 23.2. The van der Waals surface area contributed by atoms with E-state index >= 15 is 0 Å². The Morgan fingerprint density at radius 2 is 1.39 bits per heavy atom. The molecule has 4 saturated carbocycles. The van der Waals surface area contributed by atoms with Gasteiger partial charge in [-0.25, -0.2) is 0 Å². The SMILES string of the molecule is CCCCCCCCCCCCCCCC(=O)O[C@@H]1CC[C@@]2(C)[C@H]([C@H](O)C[C@]3(C)[C@@H]2CC[C@H]2[C@H]4[C@H](C)C(C)=CC[C@]4(C)CC[C@]23C)C1(C)C. The number of hydrogen-bond acceptors (Lipinski definition) is 3. The highest BCUT2D eigenvalue weighted by Gasteiger charge is 2.71. The first kappa shape index (κ1) is 39.4. The highest BCUT2D eigenvalue weighted by atomic mass is 16.5. The standard InChI is InChI=1S/C46H80O3/c1-10-11-12-13-14-15-16-17-18-19-20-21-22-23-39(48)49-38-27-29-44(7)37-25-24-35-40-34(3)33(2)26-28-43(40,6)30-31-45(35,8)46(37,9)32-36(47)41(44)42(38,4)5/h26,34-38,40-41,47H,10-25,27-32H2,1-9H3/t34-,35+,36-,37-,38-,40-,41-,43-,44-,45-,46-/m1/s1. The van der Waals surface area contributed by atoms with Gasteiger partial charge in [0.05, 0.1) is 6.10 Å². The summed E-state index contributed by atoms with van der Waals surface area (Å²) in [6.45, 7) is 22.2. The number of rotatable bonds is 15. The van der Waals surface area contributed by atoms with Crippen LogP contribution >= 0.6 is 0 Å². The number of allylic oxidation sites excluding steroid dienone is 2. The molecular weight excluding hydrogens is 601 g/mol. The molecule has 5 rings (SSSR count). The van der Waals surface area contributed by atoms with E-state index in [-0.39, 0.29) is 45.8 Å². The van der Waals surface area contributed by atoms with Crippen LogP contribution in [-0.2, 0) is 9.53 Å². The van der Waals surface area contributed by atoms with E-state index in [0.717, 1.165) is 43.9 Å². The van der Waals surface area contributed by atoms with E-state index in [1.807, 2.05) is 0 Å². The molecule has 0 aromatic heterocycles. The summed E-state index contributed by atoms with van der Waals surface area (Å²) >= 11 is 0. The van der Waals surface area contributed by atoms with Crippen LogP contribution in [0.1, 0.15) is 204 Å². The average Bonchev–Trinajstić information content (AvgIpc) is 3.03. The monoisotopic (exact) mass is 681 g/mol. The van der Waals surface area contributed by atoms with Crippen molar-refractivity contribution in [3.63, 3.8) is 0 Å². The van der Waals surface area contributed by atoms with Crippen molar-refractivity contribution in [3.05, 3.63) is 11.6 Å². The lowest BCUT2D eigenvalue weighted by Gasteiger charge is -2.74. The van der Waals surface area contributed by atoms with Crippen LogP contribution < -0.4 is 0 Å². The number of ether oxygens (including phenoxy) is 1. The van der Waals surface area contributed by atoms with E-state index in [0.29, 0.717) is 23.7 Å². The molecule has 0 bridgehead atoms. The van der Waals surface area contributed by atoms with E-state index in [9.17, 15) is 9.90 Å². The maximum atomic E-state index is 13.2. The Morgan fingerprint density at radius 1 is 0.796 bits per heavy atom. The molecule has 5 aliphatic rings. The van der Waals surface area contributed by atoms with Crippen molar-refractivity contribution in [1.82, 2.24) is 0 Å². The Balaban J connectivity index is 1.14. The van der Waals surface area contributed by atoms with Gasteiger partial charge in [-0.15, -0.1) is 0 Å². The first-order valence-corrected chi connectivity index (χ1v) is 21.7. The number of esters is 1. The van der Waals surface area contributed by atoms with Crippen LogP contribution in [0.3, 0.4) is 0 Å². The molecule has 0 amide bonds. The van der Waals surface area contributed by atoms with Crippen LogP contribution in [0.2, 0.25) is 0 Å². The fraction of sp³-hybridized carbons (Fsp3) is 0.935. The van der Waals surface area contributed by atoms with Crippen molar-refractivity contribution in [1.29, 1.82) is 0 Å². The van der Waals surface area contributed by atoms with E-state index in [1.54, 1.807) is 5.57 Å². The maximum Gasteiger partial charge on any atom is 0.306 e. The van der Waals surface area contributed by atoms with E-state index < -0.39 is 0 Å². The summed E-state index contributed by atoms with van der Waals surface area (Å²) in [4.78, 5) is 13.2. The molecule has 0 saturated heterocycles. The predicted molar refractivity (Wildman–Crippen MR) is 206 cm³/mol. The van der Waals surface area contributed by atoms with Crippen molar-refractivity contribution in [3.8, 4) is 0 Å². The molecule has 0 aromatic carbocycles. The van der Waals surface area contributed by atoms with Gasteiger partial charge in [0.15, 0.2) is 0 Å². The smallest absolute Gasteiger partial charge is 0.306 e. The quantitative estimate of drug-likeness (QED) is 0.106. The molecule has 4 fully saturated rings. The van der Waals surface area contributed by atoms with Crippen LogP contribution in [0, 0.1) is 56.7 Å². The van der Waals surface area contributed by atoms with Crippen LogP contribution in [0.15, 0.2) is 11.6 Å². The second-order valence-electron chi connectivity index (χ2n) is 20.3. The lowest BCUT2D eigenvalue weighted by Crippen LogP contribution is -2.70. The van der Waals surface area contributed by atoms with Gasteiger partial charge in [-0.3, -0.25) is 4.79 Å². The second kappa shape index (κ2) is 15.6. The minimum absolute atomic E-state index is 0.0101. The summed E-state index contributed by atoms with van der Waals surface area (Å²) in [6, 6.07) is 0. The van der Waals surface area contributed by atoms with Gasteiger partial charge in [0, 0.05) is 11.8 Å². The van der Waals surface area contributed by atoms with Gasteiger partial charge in [0.1, 0.15) is 6.10 Å². The van der Waals surface area contributed by atoms with Gasteiger partial charge in [-0.05, 0) is 116 Å². The lowest BCUT2D eigenvalue weighted by molar-refractivity contribution is -0.278. The molecule has 0 radical (unpaired) electrons. The van der Waals surface area contributed by atoms with Crippen molar-refractivity contribution in [2.75, 3.05) is 0 Å². The second-order valence-corrected chi connectivity index (χ2v) is 20.3. The van der Waals surface area contributed by atoms with Crippen LogP contribution in [0.4, 0.5) is 0 Å². The molecular formula is C46H80O3.